The Hall–Kier alpha value is -3.88. The SMILES string of the molecule is COc1cncc(CCC(=O)Nc2ccc(C3CCN(C(=O)c4ccccc4C(F)(F)F)CC3)cc2)c1. The molecule has 0 spiro atoms. The number of amides is 2. The zero-order valence-electron chi connectivity index (χ0n) is 20.4. The zero-order valence-corrected chi connectivity index (χ0v) is 20.4. The number of ether oxygens (including phenoxy) is 1. The van der Waals surface area contributed by atoms with E-state index in [1.807, 2.05) is 30.3 Å². The summed E-state index contributed by atoms with van der Waals surface area (Å²) >= 11 is 0. The number of hydrogen-bond acceptors (Lipinski definition) is 4. The third kappa shape index (κ3) is 6.67. The number of anilines is 1. The lowest BCUT2D eigenvalue weighted by atomic mass is 9.89. The Kier molecular flexibility index (Phi) is 8.11. The largest absolute Gasteiger partial charge is 0.495 e. The summed E-state index contributed by atoms with van der Waals surface area (Å²) in [5.41, 5.74) is 1.46. The molecule has 1 N–H and O–H groups in total. The Bertz CT molecular complexity index is 1240. The molecule has 6 nitrogen and oxygen atoms in total. The Labute approximate surface area is 213 Å². The van der Waals surface area contributed by atoms with E-state index < -0.39 is 17.6 Å². The molecule has 0 atom stereocenters. The molecule has 0 aliphatic carbocycles. The van der Waals surface area contributed by atoms with Crippen molar-refractivity contribution in [1.29, 1.82) is 0 Å². The first-order valence-corrected chi connectivity index (χ1v) is 12.1. The maximum atomic E-state index is 13.3. The number of piperidine rings is 1. The average molecular weight is 512 g/mol. The van der Waals surface area contributed by atoms with Gasteiger partial charge >= 0.3 is 6.18 Å². The third-order valence-corrected chi connectivity index (χ3v) is 6.56. The van der Waals surface area contributed by atoms with Crippen LogP contribution < -0.4 is 10.1 Å². The summed E-state index contributed by atoms with van der Waals surface area (Å²) in [4.78, 5) is 30.8. The number of benzene rings is 2. The smallest absolute Gasteiger partial charge is 0.417 e. The highest BCUT2D eigenvalue weighted by molar-refractivity contribution is 5.96. The number of alkyl halides is 3. The molecule has 0 saturated carbocycles. The average Bonchev–Trinajstić information content (AvgIpc) is 2.92. The number of nitrogens with zero attached hydrogens (tertiary/aromatic N) is 2. The van der Waals surface area contributed by atoms with E-state index in [4.69, 9.17) is 4.74 Å². The number of hydrogen-bond donors (Lipinski definition) is 1. The minimum atomic E-state index is -4.58. The highest BCUT2D eigenvalue weighted by Crippen LogP contribution is 2.34. The second-order valence-electron chi connectivity index (χ2n) is 9.01. The van der Waals surface area contributed by atoms with Crippen molar-refractivity contribution in [1.82, 2.24) is 9.88 Å². The number of rotatable bonds is 7. The van der Waals surface area contributed by atoms with Crippen molar-refractivity contribution in [3.05, 3.63) is 89.2 Å². The molecule has 2 heterocycles. The lowest BCUT2D eigenvalue weighted by molar-refractivity contribution is -0.138. The second-order valence-corrected chi connectivity index (χ2v) is 9.01. The molecule has 4 rings (SSSR count). The molecule has 1 saturated heterocycles. The van der Waals surface area contributed by atoms with Crippen LogP contribution in [-0.4, -0.2) is 41.9 Å². The van der Waals surface area contributed by atoms with Gasteiger partial charge < -0.3 is 15.0 Å². The maximum Gasteiger partial charge on any atom is 0.417 e. The number of aromatic nitrogens is 1. The summed E-state index contributed by atoms with van der Waals surface area (Å²) in [5, 5.41) is 2.89. The van der Waals surface area contributed by atoms with Crippen LogP contribution in [0.1, 0.15) is 52.2 Å². The van der Waals surface area contributed by atoms with E-state index in [2.05, 4.69) is 10.3 Å². The van der Waals surface area contributed by atoms with Crippen LogP contribution in [0.15, 0.2) is 67.0 Å². The van der Waals surface area contributed by atoms with Crippen LogP contribution >= 0.6 is 0 Å². The summed E-state index contributed by atoms with van der Waals surface area (Å²) in [6, 6.07) is 14.3. The summed E-state index contributed by atoms with van der Waals surface area (Å²) in [5.74, 6) is 0.137. The van der Waals surface area contributed by atoms with Crippen LogP contribution in [0.25, 0.3) is 0 Å². The summed E-state index contributed by atoms with van der Waals surface area (Å²) in [7, 11) is 1.57. The Balaban J connectivity index is 1.29. The molecular weight excluding hydrogens is 483 g/mol. The first kappa shape index (κ1) is 26.2. The van der Waals surface area contributed by atoms with Crippen molar-refractivity contribution in [3.8, 4) is 5.75 Å². The number of carbonyl (C=O) groups excluding carboxylic acids is 2. The minimum Gasteiger partial charge on any atom is -0.495 e. The molecule has 37 heavy (non-hydrogen) atoms. The number of pyridine rings is 1. The normalized spacial score (nSPS) is 14.3. The van der Waals surface area contributed by atoms with Crippen molar-refractivity contribution in [2.45, 2.75) is 37.8 Å². The highest BCUT2D eigenvalue weighted by atomic mass is 19.4. The Morgan fingerprint density at radius 1 is 1.05 bits per heavy atom. The third-order valence-electron chi connectivity index (χ3n) is 6.56. The van der Waals surface area contributed by atoms with Gasteiger partial charge in [0.15, 0.2) is 0 Å². The monoisotopic (exact) mass is 511 g/mol. The molecule has 1 fully saturated rings. The number of halogens is 3. The van der Waals surface area contributed by atoms with Gasteiger partial charge in [-0.3, -0.25) is 14.6 Å². The van der Waals surface area contributed by atoms with Crippen molar-refractivity contribution < 1.29 is 27.5 Å². The van der Waals surface area contributed by atoms with E-state index in [0.29, 0.717) is 50.2 Å². The van der Waals surface area contributed by atoms with Crippen LogP contribution in [0.3, 0.4) is 0 Å². The topological polar surface area (TPSA) is 71.5 Å². The lowest BCUT2D eigenvalue weighted by Crippen LogP contribution is -2.38. The molecule has 0 unspecified atom stereocenters. The highest BCUT2D eigenvalue weighted by Gasteiger charge is 2.36. The van der Waals surface area contributed by atoms with Gasteiger partial charge in [0, 0.05) is 31.4 Å². The molecule has 0 bridgehead atoms. The molecule has 2 aromatic carbocycles. The van der Waals surface area contributed by atoms with Gasteiger partial charge in [-0.1, -0.05) is 24.3 Å². The van der Waals surface area contributed by atoms with Gasteiger partial charge in [0.2, 0.25) is 5.91 Å². The van der Waals surface area contributed by atoms with Gasteiger partial charge in [-0.15, -0.1) is 0 Å². The number of aryl methyl sites for hydroxylation is 1. The molecule has 1 aromatic heterocycles. The fourth-order valence-electron chi connectivity index (χ4n) is 4.54. The van der Waals surface area contributed by atoms with E-state index >= 15 is 0 Å². The van der Waals surface area contributed by atoms with Crippen LogP contribution in [0.2, 0.25) is 0 Å². The standard InChI is InChI=1S/C28H28F3N3O3/c1-37-23-16-19(17-32-18-23)6-11-26(35)33-22-9-7-20(8-10-22)21-12-14-34(15-13-21)27(36)24-4-2-3-5-25(24)28(29,30)31/h2-5,7-10,16-18,21H,6,11-15H2,1H3,(H,33,35). The fraction of sp³-hybridized carbons (Fsp3) is 0.321. The summed E-state index contributed by atoms with van der Waals surface area (Å²) < 4.78 is 45.1. The molecule has 1 aliphatic heterocycles. The Morgan fingerprint density at radius 2 is 1.76 bits per heavy atom. The maximum absolute atomic E-state index is 13.3. The molecule has 2 amide bonds. The van der Waals surface area contributed by atoms with Crippen LogP contribution in [0.4, 0.5) is 18.9 Å². The predicted octanol–water partition coefficient (Wildman–Crippen LogP) is 5.70. The first-order chi connectivity index (χ1) is 17.7. The van der Waals surface area contributed by atoms with Crippen LogP contribution in [0, 0.1) is 0 Å². The minimum absolute atomic E-state index is 0.110. The van der Waals surface area contributed by atoms with Gasteiger partial charge in [-0.2, -0.15) is 13.2 Å². The number of carbonyl (C=O) groups is 2. The fourth-order valence-corrected chi connectivity index (χ4v) is 4.54. The van der Waals surface area contributed by atoms with E-state index in [9.17, 15) is 22.8 Å². The van der Waals surface area contributed by atoms with Gasteiger partial charge in [-0.25, -0.2) is 0 Å². The van der Waals surface area contributed by atoms with Crippen LogP contribution in [0.5, 0.6) is 5.75 Å². The van der Waals surface area contributed by atoms with Crippen molar-refractivity contribution in [2.75, 3.05) is 25.5 Å². The van der Waals surface area contributed by atoms with Gasteiger partial charge in [0.25, 0.3) is 5.91 Å². The molecule has 1 aliphatic rings. The quantitative estimate of drug-likeness (QED) is 0.442. The van der Waals surface area contributed by atoms with E-state index in [0.717, 1.165) is 17.2 Å². The van der Waals surface area contributed by atoms with E-state index in [-0.39, 0.29) is 17.4 Å². The van der Waals surface area contributed by atoms with Crippen molar-refractivity contribution >= 4 is 17.5 Å². The number of nitrogens with one attached hydrogen (secondary N) is 1. The molecule has 0 radical (unpaired) electrons. The lowest BCUT2D eigenvalue weighted by Gasteiger charge is -2.33. The van der Waals surface area contributed by atoms with Crippen molar-refractivity contribution in [2.24, 2.45) is 0 Å². The van der Waals surface area contributed by atoms with E-state index in [1.54, 1.807) is 19.5 Å². The molecular formula is C28H28F3N3O3. The Morgan fingerprint density at radius 3 is 2.43 bits per heavy atom. The molecule has 9 heteroatoms. The summed E-state index contributed by atoms with van der Waals surface area (Å²) in [6.45, 7) is 0.764. The summed E-state index contributed by atoms with van der Waals surface area (Å²) in [6.07, 6.45) is 0.895. The van der Waals surface area contributed by atoms with Crippen molar-refractivity contribution in [3.63, 3.8) is 0 Å². The first-order valence-electron chi connectivity index (χ1n) is 12.1. The van der Waals surface area contributed by atoms with Gasteiger partial charge in [-0.05, 0) is 66.6 Å². The predicted molar refractivity (Wildman–Crippen MR) is 134 cm³/mol. The van der Waals surface area contributed by atoms with Gasteiger partial charge in [0.05, 0.1) is 24.4 Å². The van der Waals surface area contributed by atoms with Gasteiger partial charge in [0.1, 0.15) is 5.75 Å². The zero-order chi connectivity index (χ0) is 26.4. The number of methoxy groups -OCH3 is 1. The molecule has 194 valence electrons. The molecule has 3 aromatic rings. The second kappa shape index (κ2) is 11.5. The van der Waals surface area contributed by atoms with Crippen LogP contribution in [-0.2, 0) is 17.4 Å². The number of likely N-dealkylation sites (tertiary alicyclic amines) is 1. The van der Waals surface area contributed by atoms with E-state index in [1.165, 1.54) is 23.1 Å².